The minimum Gasteiger partial charge on any atom is -0.493 e. The molecule has 2 aromatic carbocycles. The largest absolute Gasteiger partial charge is 0.493 e. The van der Waals surface area contributed by atoms with Crippen molar-refractivity contribution in [1.29, 1.82) is 0 Å². The first-order chi connectivity index (χ1) is 17.1. The van der Waals surface area contributed by atoms with Gasteiger partial charge in [-0.1, -0.05) is 57.2 Å². The number of imide groups is 1. The van der Waals surface area contributed by atoms with E-state index in [0.717, 1.165) is 22.4 Å². The number of nitrogens with one attached hydrogen (secondary N) is 2. The summed E-state index contributed by atoms with van der Waals surface area (Å²) in [5, 5.41) is 5.71. The van der Waals surface area contributed by atoms with Crippen LogP contribution in [0.15, 0.2) is 48.5 Å². The molecule has 8 heteroatoms. The molecular weight excluding hydrogens is 458 g/mol. The summed E-state index contributed by atoms with van der Waals surface area (Å²) in [7, 11) is 1.56. The summed E-state index contributed by atoms with van der Waals surface area (Å²) in [6, 6.07) is 14.8. The van der Waals surface area contributed by atoms with Crippen LogP contribution in [0, 0.1) is 11.3 Å². The molecule has 0 radical (unpaired) electrons. The van der Waals surface area contributed by atoms with Gasteiger partial charge in [0.05, 0.1) is 7.11 Å². The Balaban J connectivity index is 1.34. The molecule has 4 amide bonds. The van der Waals surface area contributed by atoms with E-state index in [-0.39, 0.29) is 24.4 Å². The van der Waals surface area contributed by atoms with E-state index in [4.69, 9.17) is 9.47 Å². The first-order valence-electron chi connectivity index (χ1n) is 12.4. The molecule has 0 unspecified atom stereocenters. The number of carbonyl (C=O) groups is 3. The Bertz CT molecular complexity index is 1130. The lowest BCUT2D eigenvalue weighted by molar-refractivity contribution is -0.137. The van der Waals surface area contributed by atoms with E-state index >= 15 is 0 Å². The maximum absolute atomic E-state index is 13.3. The number of rotatable bonds is 8. The molecule has 0 aromatic heterocycles. The lowest BCUT2D eigenvalue weighted by atomic mass is 9.64. The topological polar surface area (TPSA) is 97.0 Å². The highest BCUT2D eigenvalue weighted by Gasteiger charge is 2.56. The van der Waals surface area contributed by atoms with Gasteiger partial charge in [0.2, 0.25) is 5.91 Å². The summed E-state index contributed by atoms with van der Waals surface area (Å²) < 4.78 is 11.3. The summed E-state index contributed by atoms with van der Waals surface area (Å²) >= 11 is 0. The molecule has 2 aromatic rings. The van der Waals surface area contributed by atoms with Gasteiger partial charge in [-0.3, -0.25) is 14.5 Å². The van der Waals surface area contributed by atoms with Crippen LogP contribution in [-0.2, 0) is 22.7 Å². The molecule has 192 valence electrons. The number of hydrogen-bond acceptors (Lipinski definition) is 5. The molecule has 2 aliphatic rings. The predicted molar refractivity (Wildman–Crippen MR) is 135 cm³/mol. The first-order valence-corrected chi connectivity index (χ1v) is 12.4. The molecule has 1 aliphatic heterocycles. The minimum atomic E-state index is -0.915. The van der Waals surface area contributed by atoms with Gasteiger partial charge in [-0.25, -0.2) is 4.79 Å². The number of methoxy groups -OCH3 is 1. The summed E-state index contributed by atoms with van der Waals surface area (Å²) in [5.74, 6) is 0.765. The Hall–Kier alpha value is -3.55. The molecule has 1 saturated heterocycles. The van der Waals surface area contributed by atoms with Crippen molar-refractivity contribution in [2.24, 2.45) is 11.3 Å². The van der Waals surface area contributed by atoms with Gasteiger partial charge in [0.15, 0.2) is 11.5 Å². The van der Waals surface area contributed by atoms with Crippen LogP contribution < -0.4 is 20.1 Å². The first kappa shape index (κ1) is 25.5. The molecule has 1 saturated carbocycles. The number of amides is 4. The van der Waals surface area contributed by atoms with Crippen LogP contribution in [0.5, 0.6) is 11.5 Å². The fourth-order valence-electron chi connectivity index (χ4n) is 5.73. The van der Waals surface area contributed by atoms with Gasteiger partial charge in [-0.05, 0) is 53.9 Å². The average molecular weight is 494 g/mol. The third-order valence-electron chi connectivity index (χ3n) is 6.88. The van der Waals surface area contributed by atoms with Crippen LogP contribution >= 0.6 is 0 Å². The van der Waals surface area contributed by atoms with Crippen molar-refractivity contribution in [2.45, 2.75) is 58.7 Å². The Morgan fingerprint density at radius 3 is 2.53 bits per heavy atom. The number of ether oxygens (including phenoxy) is 2. The highest BCUT2D eigenvalue weighted by molar-refractivity contribution is 6.09. The molecule has 2 fully saturated rings. The normalized spacial score (nSPS) is 22.9. The van der Waals surface area contributed by atoms with Crippen molar-refractivity contribution < 1.29 is 23.9 Å². The van der Waals surface area contributed by atoms with Crippen molar-refractivity contribution in [3.63, 3.8) is 0 Å². The van der Waals surface area contributed by atoms with Gasteiger partial charge in [-0.2, -0.15) is 0 Å². The second kappa shape index (κ2) is 10.2. The highest BCUT2D eigenvalue weighted by Crippen LogP contribution is 2.46. The van der Waals surface area contributed by atoms with Gasteiger partial charge in [-0.15, -0.1) is 0 Å². The van der Waals surface area contributed by atoms with Gasteiger partial charge < -0.3 is 20.1 Å². The van der Waals surface area contributed by atoms with Crippen LogP contribution in [-0.4, -0.2) is 41.9 Å². The molecule has 0 bridgehead atoms. The van der Waals surface area contributed by atoms with Crippen LogP contribution in [0.3, 0.4) is 0 Å². The average Bonchev–Trinajstić information content (AvgIpc) is 3.03. The zero-order valence-corrected chi connectivity index (χ0v) is 21.4. The lowest BCUT2D eigenvalue weighted by Gasteiger charge is -2.43. The zero-order chi connectivity index (χ0) is 25.9. The maximum Gasteiger partial charge on any atom is 0.325 e. The summed E-state index contributed by atoms with van der Waals surface area (Å²) in [6.07, 6.45) is 2.17. The second-order valence-corrected chi connectivity index (χ2v) is 10.8. The van der Waals surface area contributed by atoms with Crippen molar-refractivity contribution in [2.75, 3.05) is 13.7 Å². The number of carbonyl (C=O) groups excluding carboxylic acids is 3. The van der Waals surface area contributed by atoms with E-state index in [2.05, 4.69) is 31.4 Å². The van der Waals surface area contributed by atoms with E-state index in [9.17, 15) is 14.4 Å². The van der Waals surface area contributed by atoms with Crippen LogP contribution in [0.2, 0.25) is 0 Å². The third-order valence-corrected chi connectivity index (χ3v) is 6.88. The van der Waals surface area contributed by atoms with E-state index < -0.39 is 17.5 Å². The number of hydrogen-bond donors (Lipinski definition) is 2. The van der Waals surface area contributed by atoms with Crippen LogP contribution in [0.4, 0.5) is 4.79 Å². The fraction of sp³-hybridized carbons (Fsp3) is 0.464. The van der Waals surface area contributed by atoms with Gasteiger partial charge in [0, 0.05) is 6.54 Å². The standard InChI is InChI=1S/C28H35N3O5/c1-19-13-27(2,3)18-28(14-19)25(33)31(26(34)30-28)16-24(32)29-15-21-10-11-22(23(12-21)35-4)36-17-20-8-6-5-7-9-20/h5-12,19H,13-18H2,1-4H3,(H,29,32)(H,30,34)/t19-,28-/m1/s1. The maximum atomic E-state index is 13.3. The molecule has 1 heterocycles. The fourth-order valence-corrected chi connectivity index (χ4v) is 5.73. The number of urea groups is 1. The Morgan fingerprint density at radius 2 is 1.83 bits per heavy atom. The van der Waals surface area contributed by atoms with E-state index in [1.165, 1.54) is 0 Å². The van der Waals surface area contributed by atoms with Gasteiger partial charge in [0.1, 0.15) is 18.7 Å². The zero-order valence-electron chi connectivity index (χ0n) is 21.4. The molecule has 4 rings (SSSR count). The summed E-state index contributed by atoms with van der Waals surface area (Å²) in [5.41, 5.74) is 0.879. The quantitative estimate of drug-likeness (QED) is 0.542. The Morgan fingerprint density at radius 1 is 1.08 bits per heavy atom. The van der Waals surface area contributed by atoms with Crippen molar-refractivity contribution in [3.05, 3.63) is 59.7 Å². The van der Waals surface area contributed by atoms with Gasteiger partial charge in [0.25, 0.3) is 5.91 Å². The SMILES string of the molecule is COc1cc(CNC(=O)CN2C(=O)N[C@@]3(C[C@H](C)CC(C)(C)C3)C2=O)ccc1OCc1ccccc1. The monoisotopic (exact) mass is 493 g/mol. The second-order valence-electron chi connectivity index (χ2n) is 10.8. The van der Waals surface area contributed by atoms with Crippen molar-refractivity contribution in [3.8, 4) is 11.5 Å². The molecule has 2 atom stereocenters. The molecule has 1 aliphatic carbocycles. The minimum absolute atomic E-state index is 0.0606. The van der Waals surface area contributed by atoms with E-state index in [0.29, 0.717) is 36.9 Å². The molecule has 36 heavy (non-hydrogen) atoms. The van der Waals surface area contributed by atoms with Crippen LogP contribution in [0.25, 0.3) is 0 Å². The van der Waals surface area contributed by atoms with Crippen LogP contribution in [0.1, 0.15) is 51.2 Å². The van der Waals surface area contributed by atoms with E-state index in [1.807, 2.05) is 36.4 Å². The van der Waals surface area contributed by atoms with Gasteiger partial charge >= 0.3 is 6.03 Å². The van der Waals surface area contributed by atoms with E-state index in [1.54, 1.807) is 19.2 Å². The summed E-state index contributed by atoms with van der Waals surface area (Å²) in [6.45, 7) is 6.67. The van der Waals surface area contributed by atoms with Crippen molar-refractivity contribution in [1.82, 2.24) is 15.5 Å². The third kappa shape index (κ3) is 5.64. The predicted octanol–water partition coefficient (Wildman–Crippen LogP) is 4.03. The highest BCUT2D eigenvalue weighted by atomic mass is 16.5. The number of nitrogens with zero attached hydrogens (tertiary/aromatic N) is 1. The lowest BCUT2D eigenvalue weighted by Crippen LogP contribution is -2.54. The summed E-state index contributed by atoms with van der Waals surface area (Å²) in [4.78, 5) is 39.6. The molecular formula is C28H35N3O5. The Kier molecular flexibility index (Phi) is 7.24. The Labute approximate surface area is 212 Å². The van der Waals surface area contributed by atoms with Crippen molar-refractivity contribution >= 4 is 17.8 Å². The number of benzene rings is 2. The molecule has 1 spiro atoms. The smallest absolute Gasteiger partial charge is 0.325 e. The molecule has 2 N–H and O–H groups in total. The molecule has 8 nitrogen and oxygen atoms in total.